The fraction of sp³-hybridized carbons (Fsp3) is 0.167. The van der Waals surface area contributed by atoms with E-state index in [0.29, 0.717) is 5.69 Å². The van der Waals surface area contributed by atoms with Gasteiger partial charge in [-0.05, 0) is 55.7 Å². The Kier molecular flexibility index (Phi) is 3.45. The molecule has 3 aromatic rings. The number of aromatic amines is 1. The van der Waals surface area contributed by atoms with Gasteiger partial charge in [0.05, 0.1) is 0 Å². The quantitative estimate of drug-likeness (QED) is 0.719. The van der Waals surface area contributed by atoms with Crippen molar-refractivity contribution in [1.82, 2.24) is 4.98 Å². The van der Waals surface area contributed by atoms with Crippen molar-refractivity contribution in [3.63, 3.8) is 0 Å². The van der Waals surface area contributed by atoms with Gasteiger partial charge in [-0.15, -0.1) is 0 Å². The molecule has 0 aliphatic rings. The molecule has 22 heavy (non-hydrogen) atoms. The van der Waals surface area contributed by atoms with Crippen LogP contribution in [0.1, 0.15) is 27.2 Å². The van der Waals surface area contributed by atoms with E-state index >= 15 is 0 Å². The Morgan fingerprint density at radius 2 is 1.77 bits per heavy atom. The Morgan fingerprint density at radius 1 is 1.09 bits per heavy atom. The molecule has 0 saturated heterocycles. The summed E-state index contributed by atoms with van der Waals surface area (Å²) in [6, 6.07) is 10.3. The summed E-state index contributed by atoms with van der Waals surface area (Å²) >= 11 is 0. The highest BCUT2D eigenvalue weighted by molar-refractivity contribution is 6.08. The summed E-state index contributed by atoms with van der Waals surface area (Å²) < 4.78 is 13.4. The first-order chi connectivity index (χ1) is 10.5. The second-order valence-corrected chi connectivity index (χ2v) is 5.54. The largest absolute Gasteiger partial charge is 0.350 e. The molecule has 112 valence electrons. The van der Waals surface area contributed by atoms with E-state index in [0.717, 1.165) is 33.3 Å². The first kappa shape index (κ1) is 14.3. The number of halogens is 1. The molecule has 0 fully saturated rings. The van der Waals surface area contributed by atoms with Gasteiger partial charge in [0.2, 0.25) is 0 Å². The molecule has 0 spiro atoms. The van der Waals surface area contributed by atoms with Crippen molar-refractivity contribution in [3.8, 4) is 0 Å². The summed E-state index contributed by atoms with van der Waals surface area (Å²) in [5.74, 6) is -0.525. The molecule has 1 amide bonds. The minimum absolute atomic E-state index is 0.216. The highest BCUT2D eigenvalue weighted by atomic mass is 19.1. The number of nitrogens with one attached hydrogen (secondary N) is 2. The van der Waals surface area contributed by atoms with Crippen LogP contribution in [0, 0.1) is 26.6 Å². The fourth-order valence-corrected chi connectivity index (χ4v) is 2.71. The highest BCUT2D eigenvalue weighted by Gasteiger charge is 2.16. The van der Waals surface area contributed by atoms with E-state index in [2.05, 4.69) is 10.3 Å². The maximum Gasteiger partial charge on any atom is 0.272 e. The molecule has 4 heteroatoms. The molecular weight excluding hydrogens is 279 g/mol. The summed E-state index contributed by atoms with van der Waals surface area (Å²) in [7, 11) is 0. The Bertz CT molecular complexity index is 860. The van der Waals surface area contributed by atoms with E-state index in [1.165, 1.54) is 12.1 Å². The molecule has 0 bridgehead atoms. The molecule has 0 aliphatic heterocycles. The number of H-pyrrole nitrogens is 1. The number of carbonyl (C=O) groups excluding carboxylic acids is 1. The maximum absolute atomic E-state index is 13.4. The lowest BCUT2D eigenvalue weighted by molar-refractivity contribution is 0.102. The molecule has 0 radical (unpaired) electrons. The summed E-state index contributed by atoms with van der Waals surface area (Å²) in [5, 5.41) is 3.68. The van der Waals surface area contributed by atoms with Gasteiger partial charge in [-0.25, -0.2) is 4.39 Å². The number of hydrogen-bond donors (Lipinski definition) is 2. The Hall–Kier alpha value is -2.62. The molecular formula is C18H17FN2O. The van der Waals surface area contributed by atoms with Crippen molar-refractivity contribution < 1.29 is 9.18 Å². The number of rotatable bonds is 2. The molecule has 0 unspecified atom stereocenters. The van der Waals surface area contributed by atoms with Gasteiger partial charge in [-0.1, -0.05) is 18.2 Å². The average molecular weight is 296 g/mol. The summed E-state index contributed by atoms with van der Waals surface area (Å²) in [6.45, 7) is 5.73. The third-order valence-corrected chi connectivity index (χ3v) is 3.97. The average Bonchev–Trinajstić information content (AvgIpc) is 2.80. The molecule has 2 N–H and O–H groups in total. The van der Waals surface area contributed by atoms with Gasteiger partial charge in [-0.3, -0.25) is 4.79 Å². The van der Waals surface area contributed by atoms with Crippen molar-refractivity contribution in [2.24, 2.45) is 0 Å². The van der Waals surface area contributed by atoms with E-state index in [-0.39, 0.29) is 11.7 Å². The van der Waals surface area contributed by atoms with Crippen LogP contribution >= 0.6 is 0 Å². The second-order valence-electron chi connectivity index (χ2n) is 5.54. The standard InChI is InChI=1S/C18H17FN2O/c1-10-5-4-6-11(2)16(10)21-18(22)17-12(3)14-9-13(19)7-8-15(14)20-17/h4-9,20H,1-3H3,(H,21,22). The lowest BCUT2D eigenvalue weighted by Crippen LogP contribution is -2.15. The van der Waals surface area contributed by atoms with Crippen LogP contribution in [0.3, 0.4) is 0 Å². The molecule has 1 heterocycles. The molecule has 3 nitrogen and oxygen atoms in total. The predicted octanol–water partition coefficient (Wildman–Crippen LogP) is 4.48. The molecule has 3 rings (SSSR count). The van der Waals surface area contributed by atoms with Crippen LogP contribution in [0.2, 0.25) is 0 Å². The lowest BCUT2D eigenvalue weighted by atomic mass is 10.1. The number of benzene rings is 2. The Morgan fingerprint density at radius 3 is 2.45 bits per heavy atom. The van der Waals surface area contributed by atoms with Crippen molar-refractivity contribution >= 4 is 22.5 Å². The molecule has 1 aromatic heterocycles. The monoisotopic (exact) mass is 296 g/mol. The topological polar surface area (TPSA) is 44.9 Å². The number of aryl methyl sites for hydroxylation is 3. The van der Waals surface area contributed by atoms with Gasteiger partial charge in [0, 0.05) is 16.6 Å². The SMILES string of the molecule is Cc1cccc(C)c1NC(=O)c1[nH]c2ccc(F)cc2c1C. The number of carbonyl (C=O) groups is 1. The second kappa shape index (κ2) is 5.30. The molecule has 2 aromatic carbocycles. The van der Waals surface area contributed by atoms with Crippen LogP contribution in [0.15, 0.2) is 36.4 Å². The zero-order chi connectivity index (χ0) is 15.9. The van der Waals surface area contributed by atoms with Crippen molar-refractivity contribution in [2.75, 3.05) is 5.32 Å². The predicted molar refractivity (Wildman–Crippen MR) is 86.9 cm³/mol. The number of aromatic nitrogens is 1. The first-order valence-corrected chi connectivity index (χ1v) is 7.13. The molecule has 0 atom stereocenters. The van der Waals surface area contributed by atoms with Crippen molar-refractivity contribution in [1.29, 1.82) is 0 Å². The van der Waals surface area contributed by atoms with E-state index < -0.39 is 0 Å². The fourth-order valence-electron chi connectivity index (χ4n) is 2.71. The van der Waals surface area contributed by atoms with Gasteiger partial charge in [0.1, 0.15) is 11.5 Å². The van der Waals surface area contributed by atoms with E-state index in [9.17, 15) is 9.18 Å². The lowest BCUT2D eigenvalue weighted by Gasteiger charge is -2.11. The number of hydrogen-bond acceptors (Lipinski definition) is 1. The van der Waals surface area contributed by atoms with Crippen LogP contribution in [0.5, 0.6) is 0 Å². The number of amides is 1. The molecule has 0 aliphatic carbocycles. The third kappa shape index (κ3) is 2.37. The van der Waals surface area contributed by atoms with E-state index in [1.807, 2.05) is 39.0 Å². The van der Waals surface area contributed by atoms with E-state index in [4.69, 9.17) is 0 Å². The summed E-state index contributed by atoms with van der Waals surface area (Å²) in [5.41, 5.74) is 4.80. The minimum Gasteiger partial charge on any atom is -0.350 e. The number of fused-ring (bicyclic) bond motifs is 1. The minimum atomic E-state index is -0.309. The van der Waals surface area contributed by atoms with Crippen LogP contribution in [0.25, 0.3) is 10.9 Å². The molecule has 0 saturated carbocycles. The van der Waals surface area contributed by atoms with Gasteiger partial charge in [0.15, 0.2) is 0 Å². The van der Waals surface area contributed by atoms with E-state index in [1.54, 1.807) is 6.07 Å². The van der Waals surface area contributed by atoms with Crippen LogP contribution in [0.4, 0.5) is 10.1 Å². The maximum atomic E-state index is 13.4. The highest BCUT2D eigenvalue weighted by Crippen LogP contribution is 2.25. The number of para-hydroxylation sites is 1. The van der Waals surface area contributed by atoms with Gasteiger partial charge in [-0.2, -0.15) is 0 Å². The third-order valence-electron chi connectivity index (χ3n) is 3.97. The van der Waals surface area contributed by atoms with Gasteiger partial charge >= 0.3 is 0 Å². The normalized spacial score (nSPS) is 10.9. The smallest absolute Gasteiger partial charge is 0.272 e. The Balaban J connectivity index is 2.01. The summed E-state index contributed by atoms with van der Waals surface area (Å²) in [4.78, 5) is 15.6. The van der Waals surface area contributed by atoms with Crippen molar-refractivity contribution in [3.05, 3.63) is 64.6 Å². The zero-order valence-corrected chi connectivity index (χ0v) is 12.8. The number of anilines is 1. The Labute approximate surface area is 128 Å². The first-order valence-electron chi connectivity index (χ1n) is 7.13. The van der Waals surface area contributed by atoms with Crippen LogP contribution in [-0.4, -0.2) is 10.9 Å². The van der Waals surface area contributed by atoms with Crippen molar-refractivity contribution in [2.45, 2.75) is 20.8 Å². The van der Waals surface area contributed by atoms with Crippen LogP contribution < -0.4 is 5.32 Å². The van der Waals surface area contributed by atoms with Gasteiger partial charge < -0.3 is 10.3 Å². The van der Waals surface area contributed by atoms with Crippen LogP contribution in [-0.2, 0) is 0 Å². The zero-order valence-electron chi connectivity index (χ0n) is 12.8. The van der Waals surface area contributed by atoms with Gasteiger partial charge in [0.25, 0.3) is 5.91 Å². The summed E-state index contributed by atoms with van der Waals surface area (Å²) in [6.07, 6.45) is 0.